The van der Waals surface area contributed by atoms with Crippen molar-refractivity contribution >= 4 is 17.6 Å². The molecule has 1 aromatic rings. The van der Waals surface area contributed by atoms with Gasteiger partial charge in [0.25, 0.3) is 0 Å². The van der Waals surface area contributed by atoms with Gasteiger partial charge < -0.3 is 14.8 Å². The maximum absolute atomic E-state index is 12.2. The highest BCUT2D eigenvalue weighted by atomic mass is 19.4. The molecular formula is C13H14F3NO4. The van der Waals surface area contributed by atoms with Gasteiger partial charge in [0.1, 0.15) is 11.3 Å². The van der Waals surface area contributed by atoms with Crippen LogP contribution in [0.4, 0.5) is 18.9 Å². The zero-order valence-corrected chi connectivity index (χ0v) is 11.6. The molecule has 0 aromatic heterocycles. The number of methoxy groups -OCH3 is 1. The predicted octanol–water partition coefficient (Wildman–Crippen LogP) is 2.76. The lowest BCUT2D eigenvalue weighted by Crippen LogP contribution is -2.30. The maximum Gasteiger partial charge on any atom is 0.471 e. The summed E-state index contributed by atoms with van der Waals surface area (Å²) in [5.74, 6) is -2.76. The number of hydrogen-bond donors (Lipinski definition) is 1. The number of halogens is 3. The SMILES string of the molecule is COC(=O)c1cc(NC(=O)C(F)(F)F)ccc1OC(C)C. The van der Waals surface area contributed by atoms with E-state index < -0.39 is 18.1 Å². The standard InChI is InChI=1S/C13H14F3NO4/c1-7(2)21-10-5-4-8(6-9(10)11(18)20-3)17-12(19)13(14,15)16/h4-7H,1-3H3,(H,17,19). The summed E-state index contributed by atoms with van der Waals surface area (Å²) in [4.78, 5) is 22.5. The Labute approximate surface area is 119 Å². The average molecular weight is 305 g/mol. The second-order valence-corrected chi connectivity index (χ2v) is 4.32. The molecule has 0 saturated heterocycles. The van der Waals surface area contributed by atoms with Crippen molar-refractivity contribution in [2.75, 3.05) is 12.4 Å². The lowest BCUT2D eigenvalue weighted by atomic mass is 10.1. The summed E-state index contributed by atoms with van der Waals surface area (Å²) >= 11 is 0. The van der Waals surface area contributed by atoms with Crippen molar-refractivity contribution in [3.63, 3.8) is 0 Å². The summed E-state index contributed by atoms with van der Waals surface area (Å²) < 4.78 is 46.4. The number of esters is 1. The molecular weight excluding hydrogens is 291 g/mol. The molecule has 1 rings (SSSR count). The Kier molecular flexibility index (Phi) is 5.17. The molecule has 0 aliphatic heterocycles. The fourth-order valence-electron chi connectivity index (χ4n) is 1.44. The van der Waals surface area contributed by atoms with Crippen LogP contribution in [0.25, 0.3) is 0 Å². The molecule has 5 nitrogen and oxygen atoms in total. The molecule has 116 valence electrons. The van der Waals surface area contributed by atoms with Crippen LogP contribution in [-0.4, -0.2) is 31.3 Å². The van der Waals surface area contributed by atoms with E-state index in [1.54, 1.807) is 19.2 Å². The first kappa shape index (κ1) is 16.8. The largest absolute Gasteiger partial charge is 0.490 e. The van der Waals surface area contributed by atoms with Crippen LogP contribution >= 0.6 is 0 Å². The Morgan fingerprint density at radius 1 is 1.24 bits per heavy atom. The van der Waals surface area contributed by atoms with Crippen LogP contribution in [0, 0.1) is 0 Å². The Hall–Kier alpha value is -2.25. The fourth-order valence-corrected chi connectivity index (χ4v) is 1.44. The lowest BCUT2D eigenvalue weighted by Gasteiger charge is -2.15. The summed E-state index contributed by atoms with van der Waals surface area (Å²) in [6, 6.07) is 3.55. The fraction of sp³-hybridized carbons (Fsp3) is 0.385. The van der Waals surface area contributed by atoms with Crippen LogP contribution in [-0.2, 0) is 9.53 Å². The highest BCUT2D eigenvalue weighted by molar-refractivity contribution is 5.98. The van der Waals surface area contributed by atoms with Gasteiger partial charge in [-0.05, 0) is 32.0 Å². The molecule has 0 aliphatic carbocycles. The highest BCUT2D eigenvalue weighted by Crippen LogP contribution is 2.26. The molecule has 0 saturated carbocycles. The smallest absolute Gasteiger partial charge is 0.471 e. The minimum atomic E-state index is -5.02. The predicted molar refractivity (Wildman–Crippen MR) is 68.2 cm³/mol. The van der Waals surface area contributed by atoms with E-state index in [0.717, 1.165) is 13.2 Å². The zero-order valence-electron chi connectivity index (χ0n) is 11.6. The van der Waals surface area contributed by atoms with Gasteiger partial charge in [-0.2, -0.15) is 13.2 Å². The number of ether oxygens (including phenoxy) is 2. The monoisotopic (exact) mass is 305 g/mol. The van der Waals surface area contributed by atoms with Crippen molar-refractivity contribution in [1.29, 1.82) is 0 Å². The summed E-state index contributed by atoms with van der Waals surface area (Å²) in [7, 11) is 1.13. The Bertz CT molecular complexity index is 541. The van der Waals surface area contributed by atoms with Gasteiger partial charge in [-0.15, -0.1) is 0 Å². The van der Waals surface area contributed by atoms with Crippen molar-refractivity contribution in [1.82, 2.24) is 0 Å². The second kappa shape index (κ2) is 6.47. The topological polar surface area (TPSA) is 64.6 Å². The molecule has 0 atom stereocenters. The Morgan fingerprint density at radius 3 is 2.33 bits per heavy atom. The van der Waals surface area contributed by atoms with Gasteiger partial charge in [0.05, 0.1) is 13.2 Å². The summed E-state index contributed by atoms with van der Waals surface area (Å²) in [5, 5.41) is 1.65. The van der Waals surface area contributed by atoms with Crippen LogP contribution in [0.2, 0.25) is 0 Å². The lowest BCUT2D eigenvalue weighted by molar-refractivity contribution is -0.167. The van der Waals surface area contributed by atoms with Gasteiger partial charge >= 0.3 is 18.1 Å². The normalized spacial score (nSPS) is 11.2. The Morgan fingerprint density at radius 2 is 1.86 bits per heavy atom. The number of carbonyl (C=O) groups excluding carboxylic acids is 2. The van der Waals surface area contributed by atoms with E-state index in [1.165, 1.54) is 12.1 Å². The number of carbonyl (C=O) groups is 2. The van der Waals surface area contributed by atoms with Gasteiger partial charge in [0, 0.05) is 5.69 Å². The van der Waals surface area contributed by atoms with Crippen LogP contribution in [0.15, 0.2) is 18.2 Å². The number of alkyl halides is 3. The number of hydrogen-bond acceptors (Lipinski definition) is 4. The molecule has 0 heterocycles. The van der Waals surface area contributed by atoms with Crippen LogP contribution in [0.5, 0.6) is 5.75 Å². The molecule has 8 heteroatoms. The van der Waals surface area contributed by atoms with Gasteiger partial charge in [-0.1, -0.05) is 0 Å². The molecule has 0 radical (unpaired) electrons. The van der Waals surface area contributed by atoms with E-state index in [2.05, 4.69) is 4.74 Å². The van der Waals surface area contributed by atoms with Crippen LogP contribution in [0.1, 0.15) is 24.2 Å². The van der Waals surface area contributed by atoms with Crippen molar-refractivity contribution in [2.45, 2.75) is 26.1 Å². The van der Waals surface area contributed by atoms with Gasteiger partial charge in [0.15, 0.2) is 0 Å². The number of amides is 1. The van der Waals surface area contributed by atoms with E-state index in [4.69, 9.17) is 4.74 Å². The third kappa shape index (κ3) is 4.66. The van der Waals surface area contributed by atoms with Gasteiger partial charge in [-0.3, -0.25) is 4.79 Å². The molecule has 0 fully saturated rings. The molecule has 0 spiro atoms. The summed E-state index contributed by atoms with van der Waals surface area (Å²) in [6.45, 7) is 3.45. The molecule has 0 bridgehead atoms. The van der Waals surface area contributed by atoms with Crippen molar-refractivity contribution in [2.24, 2.45) is 0 Å². The number of anilines is 1. The maximum atomic E-state index is 12.2. The van der Waals surface area contributed by atoms with Crippen molar-refractivity contribution < 1.29 is 32.2 Å². The number of benzene rings is 1. The van der Waals surface area contributed by atoms with E-state index in [0.29, 0.717) is 0 Å². The van der Waals surface area contributed by atoms with E-state index in [-0.39, 0.29) is 23.1 Å². The molecule has 0 aliphatic rings. The highest BCUT2D eigenvalue weighted by Gasteiger charge is 2.38. The average Bonchev–Trinajstić information content (AvgIpc) is 2.37. The van der Waals surface area contributed by atoms with Crippen LogP contribution < -0.4 is 10.1 Å². The molecule has 21 heavy (non-hydrogen) atoms. The first-order valence-corrected chi connectivity index (χ1v) is 5.92. The van der Waals surface area contributed by atoms with Gasteiger partial charge in [0.2, 0.25) is 0 Å². The first-order valence-electron chi connectivity index (χ1n) is 5.92. The van der Waals surface area contributed by atoms with Gasteiger partial charge in [-0.25, -0.2) is 4.79 Å². The summed E-state index contributed by atoms with van der Waals surface area (Å²) in [6.07, 6.45) is -5.26. The number of rotatable bonds is 4. The van der Waals surface area contributed by atoms with Crippen molar-refractivity contribution in [3.05, 3.63) is 23.8 Å². The number of nitrogens with one attached hydrogen (secondary N) is 1. The van der Waals surface area contributed by atoms with E-state index >= 15 is 0 Å². The second-order valence-electron chi connectivity index (χ2n) is 4.32. The van der Waals surface area contributed by atoms with E-state index in [9.17, 15) is 22.8 Å². The van der Waals surface area contributed by atoms with Crippen molar-refractivity contribution in [3.8, 4) is 5.75 Å². The van der Waals surface area contributed by atoms with Crippen LogP contribution in [0.3, 0.4) is 0 Å². The summed E-state index contributed by atoms with van der Waals surface area (Å²) in [5.41, 5.74) is -0.264. The molecule has 1 amide bonds. The third-order valence-electron chi connectivity index (χ3n) is 2.26. The minimum absolute atomic E-state index is 0.0776. The molecule has 1 aromatic carbocycles. The first-order chi connectivity index (χ1) is 9.65. The third-order valence-corrected chi connectivity index (χ3v) is 2.26. The quantitative estimate of drug-likeness (QED) is 0.869. The molecule has 0 unspecified atom stereocenters. The molecule has 1 N–H and O–H groups in total. The zero-order chi connectivity index (χ0) is 16.2. The van der Waals surface area contributed by atoms with E-state index in [1.807, 2.05) is 0 Å². The minimum Gasteiger partial charge on any atom is -0.490 e. The Balaban J connectivity index is 3.10.